The van der Waals surface area contributed by atoms with Gasteiger partial charge in [-0.3, -0.25) is 0 Å². The highest BCUT2D eigenvalue weighted by molar-refractivity contribution is 5.42. The van der Waals surface area contributed by atoms with Crippen LogP contribution < -0.4 is 9.47 Å². The zero-order chi connectivity index (χ0) is 13.7. The smallest absolute Gasteiger partial charge is 0.125 e. The van der Waals surface area contributed by atoms with E-state index in [1.807, 2.05) is 25.1 Å². The van der Waals surface area contributed by atoms with Gasteiger partial charge in [0.15, 0.2) is 0 Å². The molecule has 0 aromatic heterocycles. The number of aliphatic hydroxyl groups is 1. The number of aliphatic hydroxyl groups excluding tert-OH is 1. The molecule has 1 fully saturated rings. The molecule has 0 spiro atoms. The van der Waals surface area contributed by atoms with Gasteiger partial charge in [-0.1, -0.05) is 19.3 Å². The van der Waals surface area contributed by atoms with E-state index in [2.05, 4.69) is 0 Å². The van der Waals surface area contributed by atoms with E-state index in [0.29, 0.717) is 12.5 Å². The van der Waals surface area contributed by atoms with Crippen LogP contribution in [0.2, 0.25) is 0 Å². The molecule has 0 bridgehead atoms. The Morgan fingerprint density at radius 3 is 2.63 bits per heavy atom. The molecule has 1 aliphatic carbocycles. The molecule has 0 heterocycles. The number of benzene rings is 1. The van der Waals surface area contributed by atoms with Crippen LogP contribution in [-0.4, -0.2) is 18.8 Å². The second-order valence-corrected chi connectivity index (χ2v) is 5.18. The zero-order valence-electron chi connectivity index (χ0n) is 11.9. The molecule has 1 aliphatic rings. The average molecular weight is 264 g/mol. The van der Waals surface area contributed by atoms with Crippen molar-refractivity contribution in [3.8, 4) is 11.5 Å². The molecular weight excluding hydrogens is 240 g/mol. The lowest BCUT2D eigenvalue weighted by Crippen LogP contribution is -2.17. The first-order valence-electron chi connectivity index (χ1n) is 7.25. The molecule has 1 aromatic carbocycles. The topological polar surface area (TPSA) is 38.7 Å². The van der Waals surface area contributed by atoms with Crippen molar-refractivity contribution in [2.45, 2.75) is 45.1 Å². The Labute approximate surface area is 115 Å². The van der Waals surface area contributed by atoms with Gasteiger partial charge in [-0.05, 0) is 43.9 Å². The third-order valence-electron chi connectivity index (χ3n) is 3.93. The maximum atomic E-state index is 10.6. The van der Waals surface area contributed by atoms with Crippen LogP contribution in [0.25, 0.3) is 0 Å². The Bertz CT molecular complexity index is 397. The van der Waals surface area contributed by atoms with Gasteiger partial charge < -0.3 is 14.6 Å². The summed E-state index contributed by atoms with van der Waals surface area (Å²) in [5.74, 6) is 1.90. The standard InChI is InChI=1S/C16H24O3/c1-3-19-15-10-9-13(18-2)11-14(15)16(17)12-7-5-4-6-8-12/h9-12,16-17H,3-8H2,1-2H3. The van der Waals surface area contributed by atoms with Crippen LogP contribution in [0.4, 0.5) is 0 Å². The third-order valence-corrected chi connectivity index (χ3v) is 3.93. The van der Waals surface area contributed by atoms with E-state index in [1.165, 1.54) is 19.3 Å². The highest BCUT2D eigenvalue weighted by atomic mass is 16.5. The number of hydrogen-bond acceptors (Lipinski definition) is 3. The molecule has 1 aromatic rings. The molecule has 1 unspecified atom stereocenters. The number of methoxy groups -OCH3 is 1. The Morgan fingerprint density at radius 2 is 2.00 bits per heavy atom. The highest BCUT2D eigenvalue weighted by Gasteiger charge is 2.25. The maximum absolute atomic E-state index is 10.6. The number of hydrogen-bond donors (Lipinski definition) is 1. The molecule has 2 rings (SSSR count). The van der Waals surface area contributed by atoms with Crippen LogP contribution in [0.5, 0.6) is 11.5 Å². The summed E-state index contributed by atoms with van der Waals surface area (Å²) >= 11 is 0. The lowest BCUT2D eigenvalue weighted by atomic mass is 9.82. The van der Waals surface area contributed by atoms with Crippen molar-refractivity contribution in [1.29, 1.82) is 0 Å². The number of ether oxygens (including phenoxy) is 2. The van der Waals surface area contributed by atoms with E-state index in [4.69, 9.17) is 9.47 Å². The molecule has 1 atom stereocenters. The fourth-order valence-corrected chi connectivity index (χ4v) is 2.88. The summed E-state index contributed by atoms with van der Waals surface area (Å²) in [7, 11) is 1.65. The first kappa shape index (κ1) is 14.2. The van der Waals surface area contributed by atoms with E-state index in [1.54, 1.807) is 7.11 Å². The van der Waals surface area contributed by atoms with Crippen molar-refractivity contribution < 1.29 is 14.6 Å². The molecule has 1 N–H and O–H groups in total. The Hall–Kier alpha value is -1.22. The van der Waals surface area contributed by atoms with Crippen LogP contribution >= 0.6 is 0 Å². The van der Waals surface area contributed by atoms with Gasteiger partial charge in [0, 0.05) is 5.56 Å². The SMILES string of the molecule is CCOc1ccc(OC)cc1C(O)C1CCCCC1. The van der Waals surface area contributed by atoms with Gasteiger partial charge in [0.1, 0.15) is 11.5 Å². The minimum Gasteiger partial charge on any atom is -0.497 e. The minimum absolute atomic E-state index is 0.347. The normalized spacial score (nSPS) is 18.1. The molecule has 19 heavy (non-hydrogen) atoms. The fourth-order valence-electron chi connectivity index (χ4n) is 2.88. The predicted octanol–water partition coefficient (Wildman–Crippen LogP) is 3.71. The Morgan fingerprint density at radius 1 is 1.26 bits per heavy atom. The van der Waals surface area contributed by atoms with Gasteiger partial charge in [-0.25, -0.2) is 0 Å². The minimum atomic E-state index is -0.447. The second-order valence-electron chi connectivity index (χ2n) is 5.18. The summed E-state index contributed by atoms with van der Waals surface area (Å²) in [5, 5.41) is 10.6. The molecule has 0 amide bonds. The summed E-state index contributed by atoms with van der Waals surface area (Å²) in [4.78, 5) is 0. The summed E-state index contributed by atoms with van der Waals surface area (Å²) in [5.41, 5.74) is 0.869. The van der Waals surface area contributed by atoms with E-state index in [9.17, 15) is 5.11 Å². The quantitative estimate of drug-likeness (QED) is 0.881. The van der Waals surface area contributed by atoms with E-state index in [-0.39, 0.29) is 0 Å². The molecule has 3 nitrogen and oxygen atoms in total. The average Bonchev–Trinajstić information content (AvgIpc) is 2.48. The summed E-state index contributed by atoms with van der Waals surface area (Å²) < 4.78 is 10.9. The predicted molar refractivity (Wildman–Crippen MR) is 75.7 cm³/mol. The van der Waals surface area contributed by atoms with Crippen LogP contribution in [0.3, 0.4) is 0 Å². The largest absolute Gasteiger partial charge is 0.497 e. The fraction of sp³-hybridized carbons (Fsp3) is 0.625. The van der Waals surface area contributed by atoms with Gasteiger partial charge in [0.05, 0.1) is 19.8 Å². The van der Waals surface area contributed by atoms with Crippen molar-refractivity contribution >= 4 is 0 Å². The van der Waals surface area contributed by atoms with Crippen LogP contribution in [-0.2, 0) is 0 Å². The lowest BCUT2D eigenvalue weighted by Gasteiger charge is -2.28. The van der Waals surface area contributed by atoms with E-state index in [0.717, 1.165) is 29.9 Å². The molecule has 106 valence electrons. The van der Waals surface area contributed by atoms with Gasteiger partial charge in [-0.2, -0.15) is 0 Å². The summed E-state index contributed by atoms with van der Waals surface area (Å²) in [6.45, 7) is 2.57. The van der Waals surface area contributed by atoms with Crippen molar-refractivity contribution in [2.75, 3.05) is 13.7 Å². The first-order valence-corrected chi connectivity index (χ1v) is 7.25. The third kappa shape index (κ3) is 3.41. The van der Waals surface area contributed by atoms with Crippen molar-refractivity contribution in [3.63, 3.8) is 0 Å². The van der Waals surface area contributed by atoms with Crippen LogP contribution in [0.15, 0.2) is 18.2 Å². The molecule has 0 radical (unpaired) electrons. The van der Waals surface area contributed by atoms with Gasteiger partial charge in [0.2, 0.25) is 0 Å². The van der Waals surface area contributed by atoms with E-state index >= 15 is 0 Å². The van der Waals surface area contributed by atoms with Crippen LogP contribution in [0.1, 0.15) is 50.7 Å². The van der Waals surface area contributed by atoms with Gasteiger partial charge in [-0.15, -0.1) is 0 Å². The highest BCUT2D eigenvalue weighted by Crippen LogP contribution is 2.39. The monoisotopic (exact) mass is 264 g/mol. The Balaban J connectivity index is 2.23. The molecule has 0 saturated heterocycles. The van der Waals surface area contributed by atoms with Crippen LogP contribution in [0, 0.1) is 5.92 Å². The second kappa shape index (κ2) is 6.80. The molecule has 1 saturated carbocycles. The molecule has 0 aliphatic heterocycles. The summed E-state index contributed by atoms with van der Waals surface area (Å²) in [6, 6.07) is 5.68. The number of rotatable bonds is 5. The van der Waals surface area contributed by atoms with Crippen molar-refractivity contribution in [1.82, 2.24) is 0 Å². The maximum Gasteiger partial charge on any atom is 0.125 e. The van der Waals surface area contributed by atoms with Crippen molar-refractivity contribution in [3.05, 3.63) is 23.8 Å². The van der Waals surface area contributed by atoms with Crippen molar-refractivity contribution in [2.24, 2.45) is 5.92 Å². The first-order chi connectivity index (χ1) is 9.26. The van der Waals surface area contributed by atoms with Gasteiger partial charge in [0.25, 0.3) is 0 Å². The summed E-state index contributed by atoms with van der Waals surface area (Å²) in [6.07, 6.45) is 5.48. The zero-order valence-corrected chi connectivity index (χ0v) is 11.9. The molecular formula is C16H24O3. The van der Waals surface area contributed by atoms with E-state index < -0.39 is 6.10 Å². The lowest BCUT2D eigenvalue weighted by molar-refractivity contribution is 0.0816. The molecule has 3 heteroatoms. The van der Waals surface area contributed by atoms with Gasteiger partial charge >= 0.3 is 0 Å². The Kier molecular flexibility index (Phi) is 5.08.